The third-order valence-electron chi connectivity index (χ3n) is 4.81. The molecule has 144 valence electrons. The molecule has 0 unspecified atom stereocenters. The Bertz CT molecular complexity index is 996. The smallest absolute Gasteiger partial charge is 0.276 e. The molecule has 0 atom stereocenters. The fourth-order valence-corrected chi connectivity index (χ4v) is 3.50. The number of fused-ring (bicyclic) bond motifs is 1. The van der Waals surface area contributed by atoms with E-state index in [1.165, 1.54) is 12.1 Å². The van der Waals surface area contributed by atoms with Crippen LogP contribution in [-0.4, -0.2) is 22.3 Å². The van der Waals surface area contributed by atoms with Gasteiger partial charge in [0, 0.05) is 11.3 Å². The van der Waals surface area contributed by atoms with Gasteiger partial charge in [0.2, 0.25) is 0 Å². The number of anilines is 1. The first-order chi connectivity index (χ1) is 13.7. The van der Waals surface area contributed by atoms with Gasteiger partial charge in [-0.25, -0.2) is 9.07 Å². The summed E-state index contributed by atoms with van der Waals surface area (Å²) >= 11 is 0. The minimum Gasteiger partial charge on any atom is -0.491 e. The summed E-state index contributed by atoms with van der Waals surface area (Å²) in [6.07, 6.45) is 3.53. The lowest BCUT2D eigenvalue weighted by Crippen LogP contribution is -2.15. The maximum absolute atomic E-state index is 13.3. The van der Waals surface area contributed by atoms with Gasteiger partial charge in [-0.3, -0.25) is 4.79 Å². The van der Waals surface area contributed by atoms with Gasteiger partial charge in [0.25, 0.3) is 5.91 Å². The molecule has 0 spiro atoms. The SMILES string of the molecule is CCCOc1ccccc1NC(=O)c1nn(-c2ccc(F)cc2)c2c1CCC2. The van der Waals surface area contributed by atoms with E-state index in [-0.39, 0.29) is 11.7 Å². The van der Waals surface area contributed by atoms with Crippen molar-refractivity contribution in [2.24, 2.45) is 0 Å². The van der Waals surface area contributed by atoms with Crippen molar-refractivity contribution in [2.45, 2.75) is 32.6 Å². The summed E-state index contributed by atoms with van der Waals surface area (Å²) < 4.78 is 20.8. The molecule has 1 aromatic heterocycles. The van der Waals surface area contributed by atoms with Crippen LogP contribution in [0, 0.1) is 5.82 Å². The van der Waals surface area contributed by atoms with Gasteiger partial charge in [0.05, 0.1) is 18.0 Å². The molecule has 5 nitrogen and oxygen atoms in total. The summed E-state index contributed by atoms with van der Waals surface area (Å²) in [5.41, 5.74) is 3.79. The zero-order chi connectivity index (χ0) is 19.5. The van der Waals surface area contributed by atoms with E-state index in [0.29, 0.717) is 23.7 Å². The number of aromatic nitrogens is 2. The minimum atomic E-state index is -0.297. The molecule has 0 radical (unpaired) electrons. The molecule has 2 aromatic carbocycles. The number of nitrogens with one attached hydrogen (secondary N) is 1. The molecule has 1 amide bonds. The van der Waals surface area contributed by atoms with Crippen molar-refractivity contribution in [1.82, 2.24) is 9.78 Å². The van der Waals surface area contributed by atoms with Crippen LogP contribution < -0.4 is 10.1 Å². The Hall–Kier alpha value is -3.15. The van der Waals surface area contributed by atoms with E-state index in [1.807, 2.05) is 31.2 Å². The molecule has 0 saturated heterocycles. The van der Waals surface area contributed by atoms with E-state index >= 15 is 0 Å². The molecule has 0 aliphatic heterocycles. The highest BCUT2D eigenvalue weighted by atomic mass is 19.1. The first-order valence-electron chi connectivity index (χ1n) is 9.57. The molecular formula is C22H22FN3O2. The fraction of sp³-hybridized carbons (Fsp3) is 0.273. The highest BCUT2D eigenvalue weighted by Crippen LogP contribution is 2.30. The summed E-state index contributed by atoms with van der Waals surface area (Å²) in [5, 5.41) is 7.50. The number of rotatable bonds is 6. The third-order valence-corrected chi connectivity index (χ3v) is 4.81. The third kappa shape index (κ3) is 3.50. The number of para-hydroxylation sites is 2. The number of carbonyl (C=O) groups is 1. The van der Waals surface area contributed by atoms with Crippen LogP contribution in [0.3, 0.4) is 0 Å². The summed E-state index contributed by atoms with van der Waals surface area (Å²) in [5.74, 6) is 0.0908. The van der Waals surface area contributed by atoms with Gasteiger partial charge >= 0.3 is 0 Å². The quantitative estimate of drug-likeness (QED) is 0.684. The summed E-state index contributed by atoms with van der Waals surface area (Å²) in [6, 6.07) is 13.6. The average molecular weight is 379 g/mol. The number of nitrogens with zero attached hydrogens (tertiary/aromatic N) is 2. The van der Waals surface area contributed by atoms with Gasteiger partial charge in [-0.1, -0.05) is 19.1 Å². The second-order valence-electron chi connectivity index (χ2n) is 6.81. The second kappa shape index (κ2) is 7.84. The Morgan fingerprint density at radius 1 is 1.18 bits per heavy atom. The first kappa shape index (κ1) is 18.2. The maximum Gasteiger partial charge on any atom is 0.276 e. The highest BCUT2D eigenvalue weighted by Gasteiger charge is 2.27. The van der Waals surface area contributed by atoms with E-state index in [1.54, 1.807) is 16.8 Å². The zero-order valence-corrected chi connectivity index (χ0v) is 15.7. The van der Waals surface area contributed by atoms with Crippen molar-refractivity contribution in [2.75, 3.05) is 11.9 Å². The molecule has 1 N–H and O–H groups in total. The normalized spacial score (nSPS) is 12.6. The molecule has 0 saturated carbocycles. The van der Waals surface area contributed by atoms with Crippen molar-refractivity contribution in [3.8, 4) is 11.4 Å². The van der Waals surface area contributed by atoms with E-state index in [9.17, 15) is 9.18 Å². The molecule has 3 aromatic rings. The number of ether oxygens (including phenoxy) is 1. The van der Waals surface area contributed by atoms with Crippen molar-refractivity contribution in [3.63, 3.8) is 0 Å². The number of hydrogen-bond acceptors (Lipinski definition) is 3. The van der Waals surface area contributed by atoms with Gasteiger partial charge in [0.15, 0.2) is 5.69 Å². The molecule has 1 heterocycles. The number of amides is 1. The van der Waals surface area contributed by atoms with Gasteiger partial charge in [-0.2, -0.15) is 5.10 Å². The monoisotopic (exact) mass is 379 g/mol. The highest BCUT2D eigenvalue weighted by molar-refractivity contribution is 6.05. The molecule has 28 heavy (non-hydrogen) atoms. The lowest BCUT2D eigenvalue weighted by atomic mass is 10.2. The number of halogens is 1. The van der Waals surface area contributed by atoms with E-state index in [0.717, 1.165) is 42.6 Å². The van der Waals surface area contributed by atoms with Gasteiger partial charge in [-0.15, -0.1) is 0 Å². The Morgan fingerprint density at radius 2 is 1.96 bits per heavy atom. The van der Waals surface area contributed by atoms with Crippen LogP contribution in [0.2, 0.25) is 0 Å². The van der Waals surface area contributed by atoms with E-state index in [2.05, 4.69) is 10.4 Å². The number of carbonyl (C=O) groups excluding carboxylic acids is 1. The Labute approximate surface area is 163 Å². The molecule has 1 aliphatic rings. The predicted molar refractivity (Wildman–Crippen MR) is 106 cm³/mol. The Morgan fingerprint density at radius 3 is 2.75 bits per heavy atom. The number of hydrogen-bond donors (Lipinski definition) is 1. The van der Waals surface area contributed by atoms with Crippen LogP contribution in [0.15, 0.2) is 48.5 Å². The second-order valence-corrected chi connectivity index (χ2v) is 6.81. The Balaban J connectivity index is 1.64. The molecule has 1 aliphatic carbocycles. The number of benzene rings is 2. The van der Waals surface area contributed by atoms with Gasteiger partial charge in [0.1, 0.15) is 11.6 Å². The summed E-state index contributed by atoms with van der Waals surface area (Å²) in [4.78, 5) is 13.0. The van der Waals surface area contributed by atoms with Crippen LogP contribution in [0.5, 0.6) is 5.75 Å². The molecule has 6 heteroatoms. The zero-order valence-electron chi connectivity index (χ0n) is 15.7. The van der Waals surface area contributed by atoms with Crippen LogP contribution in [-0.2, 0) is 12.8 Å². The molecule has 0 fully saturated rings. The largest absolute Gasteiger partial charge is 0.491 e. The maximum atomic E-state index is 13.3. The minimum absolute atomic E-state index is 0.258. The molecular weight excluding hydrogens is 357 g/mol. The Kier molecular flexibility index (Phi) is 5.10. The van der Waals surface area contributed by atoms with Crippen LogP contribution in [0.4, 0.5) is 10.1 Å². The van der Waals surface area contributed by atoms with Crippen LogP contribution in [0.1, 0.15) is 41.5 Å². The van der Waals surface area contributed by atoms with Crippen molar-refractivity contribution < 1.29 is 13.9 Å². The fourth-order valence-electron chi connectivity index (χ4n) is 3.50. The van der Waals surface area contributed by atoms with E-state index < -0.39 is 0 Å². The van der Waals surface area contributed by atoms with Gasteiger partial charge < -0.3 is 10.1 Å². The van der Waals surface area contributed by atoms with E-state index in [4.69, 9.17) is 4.74 Å². The molecule has 0 bridgehead atoms. The lowest BCUT2D eigenvalue weighted by molar-refractivity contribution is 0.102. The van der Waals surface area contributed by atoms with Crippen molar-refractivity contribution >= 4 is 11.6 Å². The standard InChI is InChI=1S/C22H22FN3O2/c1-2-14-28-20-9-4-3-7-18(20)24-22(27)21-17-6-5-8-19(17)26(25-21)16-12-10-15(23)11-13-16/h3-4,7,9-13H,2,5-6,8,14H2,1H3,(H,24,27). The predicted octanol–water partition coefficient (Wildman–Crippen LogP) is 4.54. The lowest BCUT2D eigenvalue weighted by Gasteiger charge is -2.11. The van der Waals surface area contributed by atoms with Crippen LogP contribution >= 0.6 is 0 Å². The van der Waals surface area contributed by atoms with Crippen LogP contribution in [0.25, 0.3) is 5.69 Å². The van der Waals surface area contributed by atoms with Crippen molar-refractivity contribution in [3.05, 3.63) is 71.3 Å². The molecule has 4 rings (SSSR count). The van der Waals surface area contributed by atoms with Crippen molar-refractivity contribution in [1.29, 1.82) is 0 Å². The first-order valence-corrected chi connectivity index (χ1v) is 9.57. The summed E-state index contributed by atoms with van der Waals surface area (Å²) in [6.45, 7) is 2.62. The average Bonchev–Trinajstić information content (AvgIpc) is 3.31. The topological polar surface area (TPSA) is 56.1 Å². The summed E-state index contributed by atoms with van der Waals surface area (Å²) in [7, 11) is 0. The van der Waals surface area contributed by atoms with Gasteiger partial charge in [-0.05, 0) is 62.1 Å².